The topological polar surface area (TPSA) is 49.7 Å². The normalized spacial score (nSPS) is 16.2. The van der Waals surface area contributed by atoms with Crippen molar-refractivity contribution in [1.29, 1.82) is 0 Å². The van der Waals surface area contributed by atoms with E-state index in [9.17, 15) is 23.4 Å². The first-order valence-corrected chi connectivity index (χ1v) is 9.31. The molecule has 0 aliphatic carbocycles. The van der Waals surface area contributed by atoms with Gasteiger partial charge in [0.1, 0.15) is 11.5 Å². The summed E-state index contributed by atoms with van der Waals surface area (Å²) in [6.45, 7) is 3.28. The predicted molar refractivity (Wildman–Crippen MR) is 103 cm³/mol. The maximum atomic E-state index is 13.5. The quantitative estimate of drug-likeness (QED) is 0.595. The predicted octanol–water partition coefficient (Wildman–Crippen LogP) is 5.77. The van der Waals surface area contributed by atoms with Crippen LogP contribution in [0.25, 0.3) is 0 Å². The van der Waals surface area contributed by atoms with Crippen LogP contribution in [-0.2, 0) is 0 Å². The number of phenols is 1. The van der Waals surface area contributed by atoms with E-state index in [1.54, 1.807) is 48.5 Å². The van der Waals surface area contributed by atoms with E-state index >= 15 is 0 Å². The van der Waals surface area contributed by atoms with Crippen molar-refractivity contribution < 1.29 is 28.1 Å². The van der Waals surface area contributed by atoms with E-state index in [1.165, 1.54) is 14.0 Å². The van der Waals surface area contributed by atoms with Gasteiger partial charge in [-0.3, -0.25) is 0 Å². The highest BCUT2D eigenvalue weighted by Crippen LogP contribution is 2.43. The molecule has 0 saturated carbocycles. The molecule has 2 rings (SSSR count). The second-order valence-corrected chi connectivity index (χ2v) is 7.29. The van der Waals surface area contributed by atoms with E-state index in [0.717, 1.165) is 11.1 Å². The maximum Gasteiger partial charge on any atom is 0.417 e. The third-order valence-electron chi connectivity index (χ3n) is 5.38. The molecule has 2 aromatic carbocycles. The number of phenolic OH excluding ortho intramolecular Hbond substituents is 1. The fourth-order valence-corrected chi connectivity index (χ4v) is 3.45. The molecule has 0 saturated heterocycles. The fraction of sp³-hybridized carbons (Fsp3) is 0.455. The largest absolute Gasteiger partial charge is 0.508 e. The number of alkyl halides is 3. The van der Waals surface area contributed by atoms with Crippen LogP contribution < -0.4 is 4.74 Å². The number of aromatic hydroxyl groups is 1. The van der Waals surface area contributed by atoms with Crippen molar-refractivity contribution in [1.82, 2.24) is 0 Å². The zero-order valence-corrected chi connectivity index (χ0v) is 16.3. The minimum atomic E-state index is -4.70. The smallest absolute Gasteiger partial charge is 0.417 e. The molecule has 3 atom stereocenters. The van der Waals surface area contributed by atoms with Gasteiger partial charge in [0.2, 0.25) is 0 Å². The molecule has 0 bridgehead atoms. The molecule has 2 N–H and O–H groups in total. The Bertz CT molecular complexity index is 741. The van der Waals surface area contributed by atoms with Crippen molar-refractivity contribution in [3.63, 3.8) is 0 Å². The lowest BCUT2D eigenvalue weighted by atomic mass is 9.78. The van der Waals surface area contributed by atoms with Gasteiger partial charge in [0.05, 0.1) is 7.11 Å². The van der Waals surface area contributed by atoms with Gasteiger partial charge in [-0.25, -0.2) is 0 Å². The lowest BCUT2D eigenvalue weighted by molar-refractivity contribution is -0.265. The Morgan fingerprint density at radius 1 is 0.964 bits per heavy atom. The fourth-order valence-electron chi connectivity index (χ4n) is 3.45. The monoisotopic (exact) mass is 396 g/mol. The van der Waals surface area contributed by atoms with Gasteiger partial charge < -0.3 is 14.9 Å². The first kappa shape index (κ1) is 22.1. The average Bonchev–Trinajstić information content (AvgIpc) is 2.67. The number of methoxy groups -OCH3 is 1. The van der Waals surface area contributed by atoms with Crippen LogP contribution in [0.5, 0.6) is 11.5 Å². The second kappa shape index (κ2) is 8.86. The van der Waals surface area contributed by atoms with Crippen molar-refractivity contribution in [3.8, 4) is 11.5 Å². The van der Waals surface area contributed by atoms with Gasteiger partial charge in [0.15, 0.2) is 5.60 Å². The van der Waals surface area contributed by atoms with Crippen LogP contribution in [0.1, 0.15) is 56.1 Å². The van der Waals surface area contributed by atoms with Crippen LogP contribution in [0.3, 0.4) is 0 Å². The molecule has 0 spiro atoms. The molecule has 0 aliphatic heterocycles. The van der Waals surface area contributed by atoms with E-state index in [4.69, 9.17) is 4.74 Å². The van der Waals surface area contributed by atoms with Gasteiger partial charge in [-0.2, -0.15) is 13.2 Å². The van der Waals surface area contributed by atoms with Crippen LogP contribution in [0.4, 0.5) is 13.2 Å². The molecule has 0 amide bonds. The minimum absolute atomic E-state index is 0.0537. The van der Waals surface area contributed by atoms with E-state index in [0.29, 0.717) is 12.2 Å². The van der Waals surface area contributed by atoms with E-state index in [1.807, 2.05) is 6.92 Å². The van der Waals surface area contributed by atoms with Crippen molar-refractivity contribution in [2.24, 2.45) is 0 Å². The Morgan fingerprint density at radius 3 is 1.96 bits per heavy atom. The van der Waals surface area contributed by atoms with Crippen LogP contribution >= 0.6 is 0 Å². The van der Waals surface area contributed by atoms with E-state index < -0.39 is 30.5 Å². The van der Waals surface area contributed by atoms with Gasteiger partial charge in [0.25, 0.3) is 0 Å². The Kier molecular flexibility index (Phi) is 6.99. The number of benzene rings is 2. The Morgan fingerprint density at radius 2 is 1.50 bits per heavy atom. The summed E-state index contributed by atoms with van der Waals surface area (Å²) < 4.78 is 45.7. The highest BCUT2D eigenvalue weighted by atomic mass is 19.4. The Labute approximate surface area is 163 Å². The third kappa shape index (κ3) is 5.19. The molecule has 3 unspecified atom stereocenters. The molecule has 2 aromatic rings. The van der Waals surface area contributed by atoms with Gasteiger partial charge in [-0.05, 0) is 66.5 Å². The molecule has 0 fully saturated rings. The Hall–Kier alpha value is -2.21. The van der Waals surface area contributed by atoms with Crippen LogP contribution in [0.15, 0.2) is 48.5 Å². The number of halogens is 3. The Balaban J connectivity index is 2.33. The van der Waals surface area contributed by atoms with Gasteiger partial charge in [-0.15, -0.1) is 0 Å². The van der Waals surface area contributed by atoms with Crippen molar-refractivity contribution >= 4 is 0 Å². The minimum Gasteiger partial charge on any atom is -0.508 e. The van der Waals surface area contributed by atoms with Gasteiger partial charge >= 0.3 is 6.18 Å². The summed E-state index contributed by atoms with van der Waals surface area (Å²) in [4.78, 5) is 0. The highest BCUT2D eigenvalue weighted by molar-refractivity contribution is 5.32. The highest BCUT2D eigenvalue weighted by Gasteiger charge is 2.53. The van der Waals surface area contributed by atoms with Crippen LogP contribution in [0.2, 0.25) is 0 Å². The number of rotatable bonds is 8. The summed E-state index contributed by atoms with van der Waals surface area (Å²) in [7, 11) is 1.53. The summed E-state index contributed by atoms with van der Waals surface area (Å²) in [6.07, 6.45) is -5.10. The van der Waals surface area contributed by atoms with Crippen LogP contribution in [0, 0.1) is 0 Å². The zero-order chi connectivity index (χ0) is 20.9. The standard InChI is InChI=1S/C22H27F3O3/c1-4-21(27,22(23,24)25)14-18(17-7-11-20(28-3)12-8-17)13-15(2)16-5-9-19(26)10-6-16/h5-12,15,18,26-27H,4,13-14H2,1-3H3. The number of hydrogen-bond acceptors (Lipinski definition) is 3. The van der Waals surface area contributed by atoms with Crippen molar-refractivity contribution in [3.05, 3.63) is 59.7 Å². The van der Waals surface area contributed by atoms with E-state index in [2.05, 4.69) is 0 Å². The average molecular weight is 396 g/mol. The lowest BCUT2D eigenvalue weighted by Crippen LogP contribution is -2.45. The number of hydrogen-bond donors (Lipinski definition) is 2. The molecular weight excluding hydrogens is 369 g/mol. The van der Waals surface area contributed by atoms with Gasteiger partial charge in [0, 0.05) is 0 Å². The van der Waals surface area contributed by atoms with Crippen molar-refractivity contribution in [2.75, 3.05) is 7.11 Å². The zero-order valence-electron chi connectivity index (χ0n) is 16.3. The summed E-state index contributed by atoms with van der Waals surface area (Å²) in [5.74, 6) is 0.207. The molecule has 0 aromatic heterocycles. The first-order chi connectivity index (χ1) is 13.1. The van der Waals surface area contributed by atoms with Crippen molar-refractivity contribution in [2.45, 2.75) is 56.7 Å². The summed E-state index contributed by atoms with van der Waals surface area (Å²) in [5, 5.41) is 19.8. The molecule has 28 heavy (non-hydrogen) atoms. The molecule has 0 heterocycles. The number of aliphatic hydroxyl groups is 1. The second-order valence-electron chi connectivity index (χ2n) is 7.29. The SMILES string of the molecule is CCC(O)(CC(CC(C)c1ccc(O)cc1)c1ccc(OC)cc1)C(F)(F)F. The number of ether oxygens (including phenoxy) is 1. The lowest BCUT2D eigenvalue weighted by Gasteiger charge is -2.34. The third-order valence-corrected chi connectivity index (χ3v) is 5.38. The summed E-state index contributed by atoms with van der Waals surface area (Å²) in [6, 6.07) is 13.6. The summed E-state index contributed by atoms with van der Waals surface area (Å²) in [5.41, 5.74) is -1.10. The first-order valence-electron chi connectivity index (χ1n) is 9.31. The molecule has 3 nitrogen and oxygen atoms in total. The molecule has 154 valence electrons. The maximum absolute atomic E-state index is 13.5. The molecule has 0 aliphatic rings. The molecule has 6 heteroatoms. The molecular formula is C22H27F3O3. The van der Waals surface area contributed by atoms with Gasteiger partial charge in [-0.1, -0.05) is 38.1 Å². The van der Waals surface area contributed by atoms with Crippen LogP contribution in [-0.4, -0.2) is 29.1 Å². The summed E-state index contributed by atoms with van der Waals surface area (Å²) >= 11 is 0. The molecule has 0 radical (unpaired) electrons. The van der Waals surface area contributed by atoms with E-state index in [-0.39, 0.29) is 11.7 Å².